The number of unbranched alkanes of at least 4 members (excludes halogenated alkanes) is 22. The highest BCUT2D eigenvalue weighted by molar-refractivity contribution is 5.69. The summed E-state index contributed by atoms with van der Waals surface area (Å²) in [6.45, 7) is 4.50. The zero-order valence-corrected chi connectivity index (χ0v) is 35.9. The zero-order valence-electron chi connectivity index (χ0n) is 35.9. The second-order valence-corrected chi connectivity index (χ2v) is 15.9. The molecule has 0 saturated carbocycles. The van der Waals surface area contributed by atoms with E-state index < -0.39 is 43.4 Å². The number of esters is 1. The number of carbonyl (C=O) groups is 1. The topological polar surface area (TPSA) is 135 Å². The van der Waals surface area contributed by atoms with E-state index in [0.717, 1.165) is 44.9 Å². The lowest BCUT2D eigenvalue weighted by Gasteiger charge is -2.39. The number of allylic oxidation sites excluding steroid dienone is 6. The Hall–Kier alpha value is -1.59. The summed E-state index contributed by atoms with van der Waals surface area (Å²) in [5, 5.41) is 40.0. The molecule has 6 unspecified atom stereocenters. The van der Waals surface area contributed by atoms with E-state index in [2.05, 4.69) is 50.3 Å². The molecule has 0 aromatic carbocycles. The summed E-state index contributed by atoms with van der Waals surface area (Å²) in [7, 11) is 0. The predicted molar refractivity (Wildman–Crippen MR) is 228 cm³/mol. The third-order valence-corrected chi connectivity index (χ3v) is 10.6. The van der Waals surface area contributed by atoms with E-state index in [1.165, 1.54) is 128 Å². The van der Waals surface area contributed by atoms with Gasteiger partial charge in [-0.2, -0.15) is 0 Å². The van der Waals surface area contributed by atoms with Crippen LogP contribution in [-0.2, 0) is 23.7 Å². The van der Waals surface area contributed by atoms with Gasteiger partial charge in [0.25, 0.3) is 0 Å². The first-order valence-electron chi connectivity index (χ1n) is 23.1. The molecule has 328 valence electrons. The van der Waals surface area contributed by atoms with Gasteiger partial charge in [0.05, 0.1) is 19.8 Å². The fraction of sp³-hybridized carbons (Fsp3) is 0.851. The van der Waals surface area contributed by atoms with Crippen molar-refractivity contribution in [1.82, 2.24) is 0 Å². The third-order valence-electron chi connectivity index (χ3n) is 10.6. The average molecular weight is 795 g/mol. The Morgan fingerprint density at radius 1 is 0.571 bits per heavy atom. The third kappa shape index (κ3) is 29.6. The van der Waals surface area contributed by atoms with E-state index in [9.17, 15) is 25.2 Å². The number of ether oxygens (including phenoxy) is 4. The van der Waals surface area contributed by atoms with E-state index in [1.807, 2.05) is 0 Å². The molecule has 0 radical (unpaired) electrons. The van der Waals surface area contributed by atoms with Crippen LogP contribution in [0.5, 0.6) is 0 Å². The monoisotopic (exact) mass is 795 g/mol. The first kappa shape index (κ1) is 52.4. The number of aliphatic hydroxyl groups excluding tert-OH is 4. The van der Waals surface area contributed by atoms with Crippen LogP contribution in [0.4, 0.5) is 0 Å². The second-order valence-electron chi connectivity index (χ2n) is 15.9. The minimum atomic E-state index is -1.53. The summed E-state index contributed by atoms with van der Waals surface area (Å²) in [6, 6.07) is 0. The van der Waals surface area contributed by atoms with Gasteiger partial charge in [-0.15, -0.1) is 0 Å². The second kappa shape index (κ2) is 38.9. The molecule has 1 fully saturated rings. The summed E-state index contributed by atoms with van der Waals surface area (Å²) in [5.41, 5.74) is 0. The number of aliphatic hydroxyl groups is 4. The Labute approximate surface area is 342 Å². The number of carbonyl (C=O) groups excluding carboxylic acids is 1. The van der Waals surface area contributed by atoms with E-state index in [-0.39, 0.29) is 19.2 Å². The van der Waals surface area contributed by atoms with Crippen molar-refractivity contribution in [3.8, 4) is 0 Å². The van der Waals surface area contributed by atoms with Gasteiger partial charge in [0.2, 0.25) is 0 Å². The quantitative estimate of drug-likeness (QED) is 0.0272. The molecule has 9 nitrogen and oxygen atoms in total. The number of hydrogen-bond acceptors (Lipinski definition) is 9. The van der Waals surface area contributed by atoms with E-state index in [1.54, 1.807) is 0 Å². The summed E-state index contributed by atoms with van der Waals surface area (Å²) in [6.07, 6.45) is 39.2. The van der Waals surface area contributed by atoms with Gasteiger partial charge in [0.15, 0.2) is 6.29 Å². The van der Waals surface area contributed by atoms with Crippen LogP contribution in [0.15, 0.2) is 36.5 Å². The Kier molecular flexibility index (Phi) is 36.4. The molecular weight excluding hydrogens is 709 g/mol. The van der Waals surface area contributed by atoms with Crippen molar-refractivity contribution in [1.29, 1.82) is 0 Å². The first-order chi connectivity index (χ1) is 27.4. The van der Waals surface area contributed by atoms with E-state index in [0.29, 0.717) is 13.0 Å². The molecule has 1 aliphatic rings. The van der Waals surface area contributed by atoms with Crippen LogP contribution < -0.4 is 0 Å². The lowest BCUT2D eigenvalue weighted by atomic mass is 9.99. The SMILES string of the molecule is CCCCCCC/C=C\C/C=C\C/C=C\CCCCCCCCCCCCCOCC(COC1OC(CO)C(O)C(O)C1O)OC(=O)CCCCCCCCC. The van der Waals surface area contributed by atoms with Crippen LogP contribution in [0.3, 0.4) is 0 Å². The molecule has 1 aliphatic heterocycles. The van der Waals surface area contributed by atoms with Crippen LogP contribution in [0.2, 0.25) is 0 Å². The van der Waals surface area contributed by atoms with Gasteiger partial charge < -0.3 is 39.4 Å². The molecule has 1 heterocycles. The summed E-state index contributed by atoms with van der Waals surface area (Å²) < 4.78 is 22.7. The Morgan fingerprint density at radius 3 is 1.55 bits per heavy atom. The Morgan fingerprint density at radius 2 is 1.04 bits per heavy atom. The van der Waals surface area contributed by atoms with Crippen LogP contribution in [0.25, 0.3) is 0 Å². The molecule has 0 spiro atoms. The molecular formula is C47H86O9. The van der Waals surface area contributed by atoms with Crippen LogP contribution in [-0.4, -0.2) is 89.6 Å². The standard InChI is InChI=1S/C47H86O9/c1-3-5-7-9-11-12-13-14-15-16-17-18-19-20-21-22-23-24-25-26-27-28-29-31-33-35-37-53-39-41(55-43(49)36-34-32-30-10-8-6-4-2)40-54-47-46(52)45(51)44(50)42(38-48)56-47/h13-14,16-17,19-20,41-42,44-48,50-52H,3-12,15,18,21-40H2,1-2H3/b14-13-,17-16-,20-19-. The Bertz CT molecular complexity index is 952. The van der Waals surface area contributed by atoms with Gasteiger partial charge in [0.1, 0.15) is 30.5 Å². The molecule has 0 bridgehead atoms. The van der Waals surface area contributed by atoms with E-state index in [4.69, 9.17) is 18.9 Å². The highest BCUT2D eigenvalue weighted by atomic mass is 16.7. The molecule has 0 amide bonds. The maximum atomic E-state index is 12.6. The van der Waals surface area contributed by atoms with Crippen LogP contribution >= 0.6 is 0 Å². The van der Waals surface area contributed by atoms with Gasteiger partial charge in [-0.3, -0.25) is 4.79 Å². The molecule has 4 N–H and O–H groups in total. The highest BCUT2D eigenvalue weighted by Gasteiger charge is 2.44. The van der Waals surface area contributed by atoms with Gasteiger partial charge >= 0.3 is 5.97 Å². The molecule has 1 rings (SSSR count). The predicted octanol–water partition coefficient (Wildman–Crippen LogP) is 10.4. The van der Waals surface area contributed by atoms with Crippen molar-refractivity contribution in [3.05, 3.63) is 36.5 Å². The number of hydrogen-bond donors (Lipinski definition) is 4. The molecule has 0 aliphatic carbocycles. The smallest absolute Gasteiger partial charge is 0.306 e. The normalized spacial score (nSPS) is 20.9. The fourth-order valence-electron chi connectivity index (χ4n) is 6.91. The molecule has 56 heavy (non-hydrogen) atoms. The maximum Gasteiger partial charge on any atom is 0.306 e. The lowest BCUT2D eigenvalue weighted by molar-refractivity contribution is -0.305. The molecule has 0 aromatic heterocycles. The molecule has 1 saturated heterocycles. The van der Waals surface area contributed by atoms with Crippen molar-refractivity contribution < 1.29 is 44.2 Å². The van der Waals surface area contributed by atoms with Crippen molar-refractivity contribution in [2.45, 2.75) is 230 Å². The average Bonchev–Trinajstić information content (AvgIpc) is 3.20. The van der Waals surface area contributed by atoms with Crippen molar-refractivity contribution in [2.75, 3.05) is 26.4 Å². The van der Waals surface area contributed by atoms with Gasteiger partial charge in [-0.25, -0.2) is 0 Å². The van der Waals surface area contributed by atoms with Crippen molar-refractivity contribution in [3.63, 3.8) is 0 Å². The lowest BCUT2D eigenvalue weighted by Crippen LogP contribution is -2.59. The molecule has 6 atom stereocenters. The summed E-state index contributed by atoms with van der Waals surface area (Å²) >= 11 is 0. The van der Waals surface area contributed by atoms with Gasteiger partial charge in [0, 0.05) is 13.0 Å². The minimum Gasteiger partial charge on any atom is -0.457 e. The van der Waals surface area contributed by atoms with Gasteiger partial charge in [-0.05, 0) is 51.4 Å². The highest BCUT2D eigenvalue weighted by Crippen LogP contribution is 2.22. The van der Waals surface area contributed by atoms with Gasteiger partial charge in [-0.1, -0.05) is 172 Å². The Balaban J connectivity index is 2.12. The summed E-state index contributed by atoms with van der Waals surface area (Å²) in [4.78, 5) is 12.6. The van der Waals surface area contributed by atoms with E-state index >= 15 is 0 Å². The van der Waals surface area contributed by atoms with Crippen molar-refractivity contribution >= 4 is 5.97 Å². The summed E-state index contributed by atoms with van der Waals surface area (Å²) in [5.74, 6) is -0.321. The molecule has 0 aromatic rings. The zero-order chi connectivity index (χ0) is 40.7. The van der Waals surface area contributed by atoms with Crippen LogP contribution in [0, 0.1) is 0 Å². The maximum absolute atomic E-state index is 12.6. The molecule has 9 heteroatoms. The largest absolute Gasteiger partial charge is 0.457 e. The first-order valence-corrected chi connectivity index (χ1v) is 23.1. The minimum absolute atomic E-state index is 0.113. The number of rotatable bonds is 39. The van der Waals surface area contributed by atoms with Crippen LogP contribution in [0.1, 0.15) is 194 Å². The fourth-order valence-corrected chi connectivity index (χ4v) is 6.91. The van der Waals surface area contributed by atoms with Crippen molar-refractivity contribution in [2.24, 2.45) is 0 Å².